The van der Waals surface area contributed by atoms with Crippen LogP contribution in [0, 0.1) is 6.92 Å². The van der Waals surface area contributed by atoms with Crippen molar-refractivity contribution < 1.29 is 10.0 Å². The molecular weight excluding hydrogens is 214 g/mol. The van der Waals surface area contributed by atoms with Crippen LogP contribution in [0.5, 0.6) is 0 Å². The molecule has 3 N–H and O–H groups in total. The number of rotatable bonds is 1. The highest BCUT2D eigenvalue weighted by molar-refractivity contribution is 9.10. The number of amides is 1. The van der Waals surface area contributed by atoms with E-state index in [0.29, 0.717) is 10.4 Å². The van der Waals surface area contributed by atoms with Gasteiger partial charge in [0.15, 0.2) is 10.4 Å². The lowest BCUT2D eigenvalue weighted by Crippen LogP contribution is -2.19. The van der Waals surface area contributed by atoms with Crippen molar-refractivity contribution in [1.82, 2.24) is 15.4 Å². The fraction of sp³-hybridized carbons (Fsp3) is 0.200. The predicted molar refractivity (Wildman–Crippen MR) is 40.3 cm³/mol. The van der Waals surface area contributed by atoms with Crippen LogP contribution in [0.1, 0.15) is 16.2 Å². The van der Waals surface area contributed by atoms with Gasteiger partial charge in [-0.05, 0) is 22.9 Å². The Balaban J connectivity index is 3.03. The molecule has 0 aliphatic heterocycles. The van der Waals surface area contributed by atoms with Gasteiger partial charge in [0.05, 0.1) is 0 Å². The lowest BCUT2D eigenvalue weighted by Gasteiger charge is -1.92. The van der Waals surface area contributed by atoms with E-state index in [2.05, 4.69) is 25.9 Å². The lowest BCUT2D eigenvalue weighted by atomic mass is 10.3. The number of aryl methyl sites for hydroxylation is 1. The van der Waals surface area contributed by atoms with Crippen molar-refractivity contribution in [2.75, 3.05) is 0 Å². The molecule has 1 aromatic heterocycles. The Hall–Kier alpha value is -0.880. The molecular formula is C5H6BrN3O2. The zero-order chi connectivity index (χ0) is 8.43. The maximum Gasteiger partial charge on any atom is 0.295 e. The van der Waals surface area contributed by atoms with Crippen molar-refractivity contribution in [3.05, 3.63) is 16.1 Å². The lowest BCUT2D eigenvalue weighted by molar-refractivity contribution is 0.0700. The fourth-order valence-electron chi connectivity index (χ4n) is 0.698. The van der Waals surface area contributed by atoms with Crippen LogP contribution in [0.2, 0.25) is 0 Å². The van der Waals surface area contributed by atoms with E-state index >= 15 is 0 Å². The number of nitrogens with one attached hydrogen (secondary N) is 2. The zero-order valence-electron chi connectivity index (χ0n) is 5.68. The second-order valence-electron chi connectivity index (χ2n) is 1.94. The molecule has 0 radical (unpaired) electrons. The van der Waals surface area contributed by atoms with Crippen LogP contribution in [0.25, 0.3) is 0 Å². The molecule has 1 aromatic rings. The van der Waals surface area contributed by atoms with E-state index < -0.39 is 5.91 Å². The third kappa shape index (κ3) is 1.58. The number of hydroxylamine groups is 1. The summed E-state index contributed by atoms with van der Waals surface area (Å²) in [4.78, 5) is 17.3. The summed E-state index contributed by atoms with van der Waals surface area (Å²) in [7, 11) is 0. The summed E-state index contributed by atoms with van der Waals surface area (Å²) >= 11 is 3.05. The molecule has 0 aromatic carbocycles. The van der Waals surface area contributed by atoms with Crippen molar-refractivity contribution in [1.29, 1.82) is 0 Å². The molecule has 0 saturated carbocycles. The smallest absolute Gasteiger partial charge is 0.295 e. The van der Waals surface area contributed by atoms with Gasteiger partial charge >= 0.3 is 0 Å². The molecule has 0 bridgehead atoms. The number of halogens is 1. The summed E-state index contributed by atoms with van der Waals surface area (Å²) in [6, 6.07) is 0. The minimum absolute atomic E-state index is 0.180. The van der Waals surface area contributed by atoms with E-state index in [0.717, 1.165) is 0 Å². The van der Waals surface area contributed by atoms with E-state index in [1.54, 1.807) is 6.92 Å². The van der Waals surface area contributed by atoms with Crippen molar-refractivity contribution >= 4 is 21.8 Å². The summed E-state index contributed by atoms with van der Waals surface area (Å²) in [5.41, 5.74) is 2.27. The van der Waals surface area contributed by atoms with E-state index in [-0.39, 0.29) is 5.69 Å². The van der Waals surface area contributed by atoms with Crippen molar-refractivity contribution in [3.8, 4) is 0 Å². The molecule has 0 unspecified atom stereocenters. The second-order valence-corrected chi connectivity index (χ2v) is 2.69. The van der Waals surface area contributed by atoms with Crippen molar-refractivity contribution in [3.63, 3.8) is 0 Å². The first-order valence-corrected chi connectivity index (χ1v) is 3.61. The molecule has 6 heteroatoms. The number of carbonyl (C=O) groups is 1. The van der Waals surface area contributed by atoms with Gasteiger partial charge in [0.2, 0.25) is 0 Å². The van der Waals surface area contributed by atoms with Gasteiger partial charge in [-0.2, -0.15) is 0 Å². The SMILES string of the molecule is Cc1[nH]c(Br)nc1C(=O)NO. The first kappa shape index (κ1) is 8.22. The maximum absolute atomic E-state index is 10.8. The molecule has 5 nitrogen and oxygen atoms in total. The number of hydrogen-bond acceptors (Lipinski definition) is 3. The number of H-pyrrole nitrogens is 1. The van der Waals surface area contributed by atoms with Crippen LogP contribution in [0.15, 0.2) is 4.73 Å². The molecule has 60 valence electrons. The Kier molecular flexibility index (Phi) is 2.25. The van der Waals surface area contributed by atoms with Gasteiger partial charge in [0, 0.05) is 5.69 Å². The minimum atomic E-state index is -0.621. The molecule has 0 atom stereocenters. The van der Waals surface area contributed by atoms with Crippen molar-refractivity contribution in [2.45, 2.75) is 6.92 Å². The molecule has 0 aliphatic carbocycles. The summed E-state index contributed by atoms with van der Waals surface area (Å²) < 4.78 is 0.466. The molecule has 1 rings (SSSR count). The minimum Gasteiger partial charge on any atom is -0.336 e. The molecule has 0 aliphatic rings. The normalized spacial score (nSPS) is 9.73. The molecule has 1 heterocycles. The highest BCUT2D eigenvalue weighted by Crippen LogP contribution is 2.08. The molecule has 0 spiro atoms. The van der Waals surface area contributed by atoms with Crippen LogP contribution >= 0.6 is 15.9 Å². The first-order valence-electron chi connectivity index (χ1n) is 2.81. The topological polar surface area (TPSA) is 78.0 Å². The Bertz CT molecular complexity index is 283. The predicted octanol–water partition coefficient (Wildman–Crippen LogP) is 0.600. The third-order valence-corrected chi connectivity index (χ3v) is 1.55. The van der Waals surface area contributed by atoms with Gasteiger partial charge in [0.1, 0.15) is 0 Å². The summed E-state index contributed by atoms with van der Waals surface area (Å²) in [5.74, 6) is -0.621. The number of aromatic amines is 1. The molecule has 1 amide bonds. The maximum atomic E-state index is 10.8. The van der Waals surface area contributed by atoms with Crippen LogP contribution < -0.4 is 5.48 Å². The third-order valence-electron chi connectivity index (χ3n) is 1.17. The largest absolute Gasteiger partial charge is 0.336 e. The average molecular weight is 220 g/mol. The average Bonchev–Trinajstić information content (AvgIpc) is 2.28. The van der Waals surface area contributed by atoms with Crippen LogP contribution in [-0.4, -0.2) is 21.1 Å². The Labute approximate surface area is 70.9 Å². The van der Waals surface area contributed by atoms with Gasteiger partial charge < -0.3 is 4.98 Å². The van der Waals surface area contributed by atoms with Crippen molar-refractivity contribution in [2.24, 2.45) is 0 Å². The fourth-order valence-corrected chi connectivity index (χ4v) is 1.17. The second kappa shape index (κ2) is 3.02. The number of hydrogen-bond donors (Lipinski definition) is 3. The monoisotopic (exact) mass is 219 g/mol. The van der Waals surface area contributed by atoms with Crippen LogP contribution in [-0.2, 0) is 0 Å². The van der Waals surface area contributed by atoms with Gasteiger partial charge in [-0.1, -0.05) is 0 Å². The molecule has 0 fully saturated rings. The zero-order valence-corrected chi connectivity index (χ0v) is 7.27. The Morgan fingerprint density at radius 1 is 1.82 bits per heavy atom. The summed E-state index contributed by atoms with van der Waals surface area (Å²) in [6.45, 7) is 1.68. The quantitative estimate of drug-likeness (QED) is 0.479. The van der Waals surface area contributed by atoms with E-state index in [1.807, 2.05) is 0 Å². The number of aromatic nitrogens is 2. The number of imidazole rings is 1. The van der Waals surface area contributed by atoms with Crippen LogP contribution in [0.4, 0.5) is 0 Å². The van der Waals surface area contributed by atoms with E-state index in [1.165, 1.54) is 5.48 Å². The van der Waals surface area contributed by atoms with Gasteiger partial charge in [-0.25, -0.2) is 10.5 Å². The Morgan fingerprint density at radius 2 is 2.45 bits per heavy atom. The molecule has 11 heavy (non-hydrogen) atoms. The number of carbonyl (C=O) groups excluding carboxylic acids is 1. The van der Waals surface area contributed by atoms with E-state index in [4.69, 9.17) is 5.21 Å². The highest BCUT2D eigenvalue weighted by Gasteiger charge is 2.11. The van der Waals surface area contributed by atoms with Gasteiger partial charge in [0.25, 0.3) is 5.91 Å². The molecule has 0 saturated heterocycles. The Morgan fingerprint density at radius 3 is 2.82 bits per heavy atom. The summed E-state index contributed by atoms with van der Waals surface area (Å²) in [5, 5.41) is 8.25. The standard InChI is InChI=1S/C5H6BrN3O2/c1-2-3(4(10)9-11)8-5(6)7-2/h11H,1H3,(H,7,8)(H,9,10). The van der Waals surface area contributed by atoms with E-state index in [9.17, 15) is 4.79 Å². The highest BCUT2D eigenvalue weighted by atomic mass is 79.9. The summed E-state index contributed by atoms with van der Waals surface area (Å²) in [6.07, 6.45) is 0. The first-order chi connectivity index (χ1) is 5.15. The van der Waals surface area contributed by atoms with Gasteiger partial charge in [-0.3, -0.25) is 10.0 Å². The number of nitrogens with zero attached hydrogens (tertiary/aromatic N) is 1. The van der Waals surface area contributed by atoms with Crippen LogP contribution in [0.3, 0.4) is 0 Å². The van der Waals surface area contributed by atoms with Gasteiger partial charge in [-0.15, -0.1) is 0 Å².